The second-order valence-electron chi connectivity index (χ2n) is 4.56. The van der Waals surface area contributed by atoms with E-state index in [1.807, 2.05) is 36.7 Å². The molecule has 1 N–H and O–H groups in total. The Labute approximate surface area is 154 Å². The Bertz CT molecular complexity index is 735. The normalized spacial score (nSPS) is 9.21. The van der Waals surface area contributed by atoms with Gasteiger partial charge in [-0.2, -0.15) is 0 Å². The van der Waals surface area contributed by atoms with Crippen LogP contribution < -0.4 is 0 Å². The van der Waals surface area contributed by atoms with Gasteiger partial charge in [0, 0.05) is 38.7 Å². The van der Waals surface area contributed by atoms with E-state index < -0.39 is 5.97 Å². The van der Waals surface area contributed by atoms with Gasteiger partial charge in [-0.25, -0.2) is 9.78 Å². The topological polar surface area (TPSA) is 76.0 Å². The van der Waals surface area contributed by atoms with Crippen molar-refractivity contribution < 1.29 is 30.0 Å². The van der Waals surface area contributed by atoms with Crippen molar-refractivity contribution >= 4 is 5.97 Å². The van der Waals surface area contributed by atoms with Gasteiger partial charge in [0.25, 0.3) is 0 Å². The molecule has 6 heteroatoms. The van der Waals surface area contributed by atoms with Crippen LogP contribution in [0.15, 0.2) is 61.1 Å². The van der Waals surface area contributed by atoms with Crippen LogP contribution >= 0.6 is 0 Å². The van der Waals surface area contributed by atoms with Crippen molar-refractivity contribution in [3.8, 4) is 11.4 Å². The Kier molecular flexibility index (Phi) is 8.47. The van der Waals surface area contributed by atoms with E-state index >= 15 is 0 Å². The molecule has 0 unspecified atom stereocenters. The van der Waals surface area contributed by atoms with Gasteiger partial charge in [0.2, 0.25) is 0 Å². The van der Waals surface area contributed by atoms with Crippen molar-refractivity contribution in [3.63, 3.8) is 0 Å². The number of hydrogen-bond acceptors (Lipinski definition) is 4. The van der Waals surface area contributed by atoms with Crippen molar-refractivity contribution in [2.24, 2.45) is 0 Å². The summed E-state index contributed by atoms with van der Waals surface area (Å²) in [5.41, 5.74) is 2.18. The van der Waals surface area contributed by atoms with Gasteiger partial charge in [-0.05, 0) is 24.1 Å². The zero-order valence-corrected chi connectivity index (χ0v) is 15.4. The fraction of sp³-hybridized carbons (Fsp3) is 0.111. The second-order valence-corrected chi connectivity index (χ2v) is 4.56. The summed E-state index contributed by atoms with van der Waals surface area (Å²) in [4.78, 5) is 22.3. The number of aromatic nitrogens is 3. The Morgan fingerprint density at radius 2 is 1.79 bits per heavy atom. The number of aryl methyl sites for hydroxylation is 1. The third-order valence-electron chi connectivity index (χ3n) is 2.95. The first kappa shape index (κ1) is 19.6. The van der Waals surface area contributed by atoms with Gasteiger partial charge in [-0.1, -0.05) is 13.0 Å². The van der Waals surface area contributed by atoms with Gasteiger partial charge in [0.1, 0.15) is 5.69 Å². The summed E-state index contributed by atoms with van der Waals surface area (Å²) < 4.78 is 0. The number of nitrogens with zero attached hydrogens (tertiary/aromatic N) is 3. The van der Waals surface area contributed by atoms with Gasteiger partial charge >= 0.3 is 5.97 Å². The smallest absolute Gasteiger partial charge is 0.354 e. The van der Waals surface area contributed by atoms with Crippen LogP contribution in [0.5, 0.6) is 0 Å². The van der Waals surface area contributed by atoms with E-state index in [4.69, 9.17) is 5.11 Å². The molecule has 0 fully saturated rings. The van der Waals surface area contributed by atoms with E-state index in [2.05, 4.69) is 27.9 Å². The molecule has 2 aromatic heterocycles. The molecule has 5 nitrogen and oxygen atoms in total. The van der Waals surface area contributed by atoms with Crippen molar-refractivity contribution in [1.29, 1.82) is 0 Å². The number of hydrogen-bond donors (Lipinski definition) is 1. The second kappa shape index (κ2) is 10.4. The van der Waals surface area contributed by atoms with Crippen LogP contribution in [0.3, 0.4) is 0 Å². The standard InChI is InChI=1S/C12H11N2.C6H5NO2.Ir/c1-2-10-8-13-12(14-9-10)11-6-4-3-5-7-11;8-6(9)5-3-1-2-4-7-5;/h3-6,8-9H,2H2,1H3;1-4H,(H,8,9);/q-1;;. The van der Waals surface area contributed by atoms with E-state index in [-0.39, 0.29) is 25.8 Å². The fourth-order valence-corrected chi connectivity index (χ4v) is 1.70. The van der Waals surface area contributed by atoms with Crippen molar-refractivity contribution in [3.05, 3.63) is 78.4 Å². The molecule has 24 heavy (non-hydrogen) atoms. The average molecular weight is 499 g/mol. The summed E-state index contributed by atoms with van der Waals surface area (Å²) >= 11 is 0. The molecule has 2 heterocycles. The van der Waals surface area contributed by atoms with Gasteiger partial charge in [-0.15, -0.1) is 35.9 Å². The number of pyridine rings is 1. The molecule has 0 aliphatic rings. The van der Waals surface area contributed by atoms with Crippen LogP contribution in [0.1, 0.15) is 23.0 Å². The van der Waals surface area contributed by atoms with Crippen LogP contribution in [-0.2, 0) is 26.5 Å². The number of carbonyl (C=O) groups is 1. The first-order valence-corrected chi connectivity index (χ1v) is 7.13. The molecule has 0 spiro atoms. The number of aromatic carboxylic acids is 1. The minimum absolute atomic E-state index is 0. The third-order valence-corrected chi connectivity index (χ3v) is 2.95. The Hall–Kier alpha value is -2.43. The van der Waals surface area contributed by atoms with E-state index in [0.717, 1.165) is 23.4 Å². The molecule has 3 rings (SSSR count). The van der Waals surface area contributed by atoms with Crippen molar-refractivity contribution in [2.75, 3.05) is 0 Å². The summed E-state index contributed by atoms with van der Waals surface area (Å²) in [5, 5.41) is 8.32. The van der Waals surface area contributed by atoms with Gasteiger partial charge < -0.3 is 5.11 Å². The Morgan fingerprint density at radius 1 is 1.08 bits per heavy atom. The summed E-state index contributed by atoms with van der Waals surface area (Å²) in [6.45, 7) is 2.09. The van der Waals surface area contributed by atoms with Crippen molar-refractivity contribution in [1.82, 2.24) is 15.0 Å². The molecule has 0 atom stereocenters. The summed E-state index contributed by atoms with van der Waals surface area (Å²) in [7, 11) is 0. The SMILES string of the molecule is CCc1cnc(-c2[c-]cccc2)nc1.O=C(O)c1ccccn1.[Ir]. The third kappa shape index (κ3) is 5.99. The molecule has 0 amide bonds. The van der Waals surface area contributed by atoms with Gasteiger partial charge in [0.05, 0.1) is 5.82 Å². The molecule has 0 saturated carbocycles. The van der Waals surface area contributed by atoms with Crippen LogP contribution in [-0.4, -0.2) is 26.0 Å². The number of carboxylic acid groups (broad SMARTS) is 1. The molecule has 0 aliphatic heterocycles. The molecule has 1 aromatic carbocycles. The quantitative estimate of drug-likeness (QED) is 0.561. The molecule has 1 radical (unpaired) electrons. The van der Waals surface area contributed by atoms with E-state index in [1.54, 1.807) is 12.1 Å². The van der Waals surface area contributed by atoms with Crippen LogP contribution in [0, 0.1) is 6.07 Å². The minimum atomic E-state index is -0.990. The fourth-order valence-electron chi connectivity index (χ4n) is 1.70. The molecule has 3 aromatic rings. The van der Waals surface area contributed by atoms with Crippen molar-refractivity contribution in [2.45, 2.75) is 13.3 Å². The summed E-state index contributed by atoms with van der Waals surface area (Å²) in [5.74, 6) is -0.251. The minimum Gasteiger partial charge on any atom is -0.477 e. The monoisotopic (exact) mass is 499 g/mol. The molecular formula is C18H16IrN3O2-. The van der Waals surface area contributed by atoms with Crippen LogP contribution in [0.2, 0.25) is 0 Å². The maximum atomic E-state index is 10.1. The molecule has 0 aliphatic carbocycles. The number of benzene rings is 1. The largest absolute Gasteiger partial charge is 0.477 e. The maximum Gasteiger partial charge on any atom is 0.354 e. The Balaban J connectivity index is 0.000000252. The molecular weight excluding hydrogens is 482 g/mol. The maximum absolute atomic E-state index is 10.1. The van der Waals surface area contributed by atoms with Crippen LogP contribution in [0.4, 0.5) is 0 Å². The molecule has 125 valence electrons. The van der Waals surface area contributed by atoms with Crippen LogP contribution in [0.25, 0.3) is 11.4 Å². The number of rotatable bonds is 3. The van der Waals surface area contributed by atoms with E-state index in [9.17, 15) is 4.79 Å². The average Bonchev–Trinajstić information content (AvgIpc) is 2.64. The van der Waals surface area contributed by atoms with Gasteiger partial charge in [0.15, 0.2) is 0 Å². The Morgan fingerprint density at radius 3 is 2.25 bits per heavy atom. The zero-order chi connectivity index (χ0) is 16.5. The zero-order valence-electron chi connectivity index (χ0n) is 13.0. The first-order valence-electron chi connectivity index (χ1n) is 7.13. The molecule has 0 saturated heterocycles. The predicted octanol–water partition coefficient (Wildman–Crippen LogP) is 3.28. The van der Waals surface area contributed by atoms with Gasteiger partial charge in [-0.3, -0.25) is 9.97 Å². The van der Waals surface area contributed by atoms with E-state index in [0.29, 0.717) is 0 Å². The first-order chi connectivity index (χ1) is 11.2. The summed E-state index contributed by atoms with van der Waals surface area (Å²) in [6, 6.07) is 15.6. The molecule has 0 bridgehead atoms. The van der Waals surface area contributed by atoms with E-state index in [1.165, 1.54) is 12.3 Å². The predicted molar refractivity (Wildman–Crippen MR) is 86.9 cm³/mol. The number of carboxylic acids is 1. The summed E-state index contributed by atoms with van der Waals surface area (Å²) in [6.07, 6.45) is 6.15.